The fourth-order valence-corrected chi connectivity index (χ4v) is 6.60. The van der Waals surface area contributed by atoms with Crippen LogP contribution in [-0.2, 0) is 6.54 Å². The van der Waals surface area contributed by atoms with Crippen molar-refractivity contribution in [2.75, 3.05) is 18.0 Å². The van der Waals surface area contributed by atoms with Crippen LogP contribution < -0.4 is 10.5 Å². The molecule has 1 radical (unpaired) electrons. The number of halogens is 3. The van der Waals surface area contributed by atoms with E-state index in [1.807, 2.05) is 39.8 Å². The molecule has 56 heavy (non-hydrogen) atoms. The fourth-order valence-electron chi connectivity index (χ4n) is 6.60. The maximum absolute atomic E-state index is 12.8. The number of hydrogen-bond donors (Lipinski definition) is 1. The first kappa shape index (κ1) is 42.3. The van der Waals surface area contributed by atoms with Crippen molar-refractivity contribution in [3.8, 4) is 29.0 Å². The Hall–Kier alpha value is -4.80. The van der Waals surface area contributed by atoms with Crippen LogP contribution in [0.5, 0.6) is 5.75 Å². The molecule has 0 fully saturated rings. The average molecular weight is 904 g/mol. The van der Waals surface area contributed by atoms with Gasteiger partial charge in [-0.15, -0.1) is 0 Å². The van der Waals surface area contributed by atoms with Gasteiger partial charge in [-0.2, -0.15) is 38.3 Å². The summed E-state index contributed by atoms with van der Waals surface area (Å²) in [6, 6.07) is 22.3. The van der Waals surface area contributed by atoms with Crippen LogP contribution in [0.15, 0.2) is 77.6 Å². The molecule has 4 aromatic heterocycles. The number of Topliss-reactive ketones (excluding diaryl/α,β-unsaturated/α-hetero) is 1. The van der Waals surface area contributed by atoms with Gasteiger partial charge in [0.1, 0.15) is 11.3 Å². The van der Waals surface area contributed by atoms with Crippen LogP contribution in [0.3, 0.4) is 0 Å². The first-order chi connectivity index (χ1) is 26.2. The molecule has 7 aromatic rings. The molecule has 0 saturated heterocycles. The number of aryl methyl sites for hydroxylation is 5. The number of alkyl halides is 3. The minimum absolute atomic E-state index is 0. The molecule has 291 valence electrons. The maximum atomic E-state index is 12.8. The van der Waals surface area contributed by atoms with Crippen LogP contribution in [0, 0.1) is 77.1 Å². The van der Waals surface area contributed by atoms with Crippen LogP contribution in [0.4, 0.5) is 18.9 Å². The van der Waals surface area contributed by atoms with Gasteiger partial charge in [-0.05, 0) is 96.3 Å². The molecule has 0 spiro atoms. The van der Waals surface area contributed by atoms with Gasteiger partial charge in [0.25, 0.3) is 23.2 Å². The largest absolute Gasteiger partial charge is 0.506 e. The monoisotopic (exact) mass is 904 g/mol. The molecule has 0 amide bonds. The second-order valence-electron chi connectivity index (χ2n) is 12.9. The van der Waals surface area contributed by atoms with Crippen LogP contribution >= 0.6 is 0 Å². The van der Waals surface area contributed by atoms with Gasteiger partial charge < -0.3 is 14.6 Å². The summed E-state index contributed by atoms with van der Waals surface area (Å²) in [6.07, 6.45) is -5.24. The normalized spacial score (nSPS) is 11.3. The van der Waals surface area contributed by atoms with Gasteiger partial charge in [0.2, 0.25) is 0 Å². The van der Waals surface area contributed by atoms with Gasteiger partial charge in [-0.25, -0.2) is 9.36 Å². The Bertz CT molecular complexity index is 2550. The van der Waals surface area contributed by atoms with Crippen LogP contribution in [0.25, 0.3) is 45.0 Å². The summed E-state index contributed by atoms with van der Waals surface area (Å²) in [6.45, 7) is 15.8. The number of ketones is 1. The van der Waals surface area contributed by atoms with E-state index in [9.17, 15) is 27.9 Å². The van der Waals surface area contributed by atoms with Gasteiger partial charge in [-0.1, -0.05) is 30.3 Å². The number of anilines is 1. The Balaban J connectivity index is 0.000000217. The number of aromatic hydroxyl groups is 1. The van der Waals surface area contributed by atoms with Crippen LogP contribution in [0.2, 0.25) is 0 Å². The second kappa shape index (κ2) is 17.1. The quantitative estimate of drug-likeness (QED) is 0.121. The van der Waals surface area contributed by atoms with Crippen molar-refractivity contribution in [3.63, 3.8) is 0 Å². The summed E-state index contributed by atoms with van der Waals surface area (Å²) in [7, 11) is 0. The van der Waals surface area contributed by atoms with E-state index in [4.69, 9.17) is 15.0 Å². The molecular formula is C40H40EuF3N9O3. The Morgan fingerprint density at radius 1 is 0.768 bits per heavy atom. The predicted molar refractivity (Wildman–Crippen MR) is 205 cm³/mol. The van der Waals surface area contributed by atoms with E-state index in [0.29, 0.717) is 28.6 Å². The molecule has 0 unspecified atom stereocenters. The standard InChI is InChI=1S/C23H28N8.C17H12F3NO3.Eu/c1-7-29(8-2)20-11-9-19(10-12-20)21-24-22(30-17(5)13-15(3)27-30)26-23(25-21)31-18(6)14-16(4)28-31;1-2-21-13-10-6-4-3-5-9(10)7-8-11(13)14(22)12(16(21)24)15(23)17(18,19)20;/h9-14H,7-8H2,1-6H3;3-8,22H,2H2,1H3;. The molecule has 1 N–H and O–H groups in total. The smallest absolute Gasteiger partial charge is 0.455 e. The predicted octanol–water partition coefficient (Wildman–Crippen LogP) is 7.62. The topological polar surface area (TPSA) is 137 Å². The Morgan fingerprint density at radius 2 is 1.32 bits per heavy atom. The zero-order valence-electron chi connectivity index (χ0n) is 31.9. The van der Waals surface area contributed by atoms with Crippen molar-refractivity contribution in [2.24, 2.45) is 0 Å². The zero-order chi connectivity index (χ0) is 39.8. The number of carbonyl (C=O) groups is 1. The van der Waals surface area contributed by atoms with Gasteiger partial charge in [0, 0.05) is 102 Å². The first-order valence-electron chi connectivity index (χ1n) is 17.7. The molecule has 16 heteroatoms. The maximum Gasteiger partial charge on any atom is 0.455 e. The average Bonchev–Trinajstić information content (AvgIpc) is 3.70. The van der Waals surface area contributed by atoms with E-state index in [1.54, 1.807) is 46.6 Å². The molecule has 0 aliphatic carbocycles. The van der Waals surface area contributed by atoms with E-state index in [1.165, 1.54) is 11.8 Å². The fraction of sp³-hybridized carbons (Fsp3) is 0.275. The number of carbonyl (C=O) groups excluding carboxylic acids is 1. The minimum atomic E-state index is -5.24. The van der Waals surface area contributed by atoms with E-state index in [0.717, 1.165) is 51.4 Å². The molecule has 7 rings (SSSR count). The van der Waals surface area contributed by atoms with Gasteiger partial charge >= 0.3 is 6.18 Å². The van der Waals surface area contributed by atoms with Crippen LogP contribution in [-0.4, -0.2) is 69.2 Å². The van der Waals surface area contributed by atoms with E-state index in [2.05, 4.69) is 53.2 Å². The van der Waals surface area contributed by atoms with Gasteiger partial charge in [-0.3, -0.25) is 9.59 Å². The zero-order valence-corrected chi connectivity index (χ0v) is 34.3. The number of pyridine rings is 1. The summed E-state index contributed by atoms with van der Waals surface area (Å²) in [5, 5.41) is 20.7. The van der Waals surface area contributed by atoms with Crippen molar-refractivity contribution in [3.05, 3.63) is 111 Å². The molecule has 0 aliphatic heterocycles. The summed E-state index contributed by atoms with van der Waals surface area (Å²) in [5.74, 6) is -1.74. The number of nitrogens with zero attached hydrogens (tertiary/aromatic N) is 9. The summed E-state index contributed by atoms with van der Waals surface area (Å²) < 4.78 is 42.9. The number of rotatable bonds is 8. The summed E-state index contributed by atoms with van der Waals surface area (Å²) >= 11 is 0. The van der Waals surface area contributed by atoms with Crippen molar-refractivity contribution in [1.82, 2.24) is 39.1 Å². The van der Waals surface area contributed by atoms with Crippen molar-refractivity contribution < 1.29 is 72.4 Å². The van der Waals surface area contributed by atoms with Gasteiger partial charge in [0.05, 0.1) is 16.9 Å². The molecular weight excluding hydrogens is 863 g/mol. The van der Waals surface area contributed by atoms with E-state index < -0.39 is 28.8 Å². The summed E-state index contributed by atoms with van der Waals surface area (Å²) in [5.41, 5.74) is 3.76. The molecule has 0 atom stereocenters. The molecule has 0 aliphatic rings. The molecule has 4 heterocycles. The van der Waals surface area contributed by atoms with E-state index >= 15 is 0 Å². The van der Waals surface area contributed by atoms with Gasteiger partial charge in [0.15, 0.2) is 5.82 Å². The number of benzene rings is 3. The molecule has 0 bridgehead atoms. The summed E-state index contributed by atoms with van der Waals surface area (Å²) in [4.78, 5) is 40.5. The third-order valence-corrected chi connectivity index (χ3v) is 9.19. The molecule has 12 nitrogen and oxygen atoms in total. The molecule has 0 saturated carbocycles. The molecule has 3 aromatic carbocycles. The Labute approximate surface area is 361 Å². The van der Waals surface area contributed by atoms with Crippen molar-refractivity contribution in [2.45, 2.75) is 61.2 Å². The third-order valence-electron chi connectivity index (χ3n) is 9.19. The minimum Gasteiger partial charge on any atom is -0.506 e. The Morgan fingerprint density at radius 3 is 1.80 bits per heavy atom. The van der Waals surface area contributed by atoms with Crippen molar-refractivity contribution >= 4 is 33.1 Å². The van der Waals surface area contributed by atoms with Crippen molar-refractivity contribution in [1.29, 1.82) is 0 Å². The number of hydrogen-bond acceptors (Lipinski definition) is 9. The number of fused-ring (bicyclic) bond motifs is 3. The van der Waals surface area contributed by atoms with E-state index in [-0.39, 0.29) is 61.3 Å². The number of aromatic nitrogens is 8. The third kappa shape index (κ3) is 8.32. The SMILES string of the molecule is CCN(CC)c1ccc(-c2nc(-n3nc(C)cc3C)nc(-n3nc(C)cc3C)n2)cc1.CCn1c(=O)c(C(=O)C(F)(F)F)c(O)c2ccc3ccccc3c21.[Eu]. The Kier molecular flexibility index (Phi) is 13.0. The second-order valence-corrected chi connectivity index (χ2v) is 12.9. The van der Waals surface area contributed by atoms with Crippen LogP contribution in [0.1, 0.15) is 53.9 Å². The first-order valence-corrected chi connectivity index (χ1v) is 17.7.